The van der Waals surface area contributed by atoms with Gasteiger partial charge in [0.25, 0.3) is 0 Å². The monoisotopic (exact) mass is 2060 g/mol. The number of hydrogen-bond donors (Lipinski definition) is 32. The van der Waals surface area contributed by atoms with Crippen molar-refractivity contribution in [1.82, 2.24) is 106 Å². The third-order valence-electron chi connectivity index (χ3n) is 22.4. The number of amides is 21. The van der Waals surface area contributed by atoms with Gasteiger partial charge in [0.05, 0.1) is 51.0 Å². The highest BCUT2D eigenvalue weighted by Crippen LogP contribution is 2.21. The summed E-state index contributed by atoms with van der Waals surface area (Å²) >= 11 is 0. The van der Waals surface area contributed by atoms with E-state index in [4.69, 9.17) is 33.5 Å². The van der Waals surface area contributed by atoms with Gasteiger partial charge in [-0.1, -0.05) is 75.7 Å². The number of carboxylic acid groups (broad SMARTS) is 3. The average Bonchev–Trinajstić information content (AvgIpc) is 1.61. The van der Waals surface area contributed by atoms with E-state index in [9.17, 15) is 151 Å². The van der Waals surface area contributed by atoms with Crippen LogP contribution in [-0.4, -0.2) is 360 Å². The number of nitrogens with one attached hydrogen (secondary N) is 20. The highest BCUT2D eigenvalue weighted by Gasteiger charge is 2.44. The molecule has 36 N–H and O–H groups in total. The molecule has 57 nitrogen and oxygen atoms in total. The number of aliphatic carboxylic acids is 3. The number of rotatable bonds is 67. The summed E-state index contributed by atoms with van der Waals surface area (Å²) in [4.78, 5) is 322. The van der Waals surface area contributed by atoms with Gasteiger partial charge in [-0.25, -0.2) is 4.79 Å². The number of carboxylic acids is 3. The van der Waals surface area contributed by atoms with Gasteiger partial charge in [0, 0.05) is 32.4 Å². The molecule has 1 saturated heterocycles. The topological polar surface area (TPSA) is 931 Å². The van der Waals surface area contributed by atoms with Crippen LogP contribution in [0.4, 0.5) is 0 Å². The predicted molar refractivity (Wildman–Crippen MR) is 506 cm³/mol. The highest BCUT2D eigenvalue weighted by atomic mass is 16.4. The lowest BCUT2D eigenvalue weighted by Gasteiger charge is -2.30. The molecular formula is C87H149N25O32. The Hall–Kier alpha value is -13.7. The molecule has 1 fully saturated rings. The first-order chi connectivity index (χ1) is 67.1. The van der Waals surface area contributed by atoms with Crippen molar-refractivity contribution < 1.29 is 156 Å². The van der Waals surface area contributed by atoms with Crippen molar-refractivity contribution in [3.8, 4) is 0 Å². The van der Waals surface area contributed by atoms with E-state index in [0.717, 1.165) is 25.7 Å². The van der Waals surface area contributed by atoms with Crippen molar-refractivity contribution in [3.05, 3.63) is 0 Å². The largest absolute Gasteiger partial charge is 0.481 e. The number of primary amides is 2. The van der Waals surface area contributed by atoms with Gasteiger partial charge in [-0.05, 0) is 128 Å². The smallest absolute Gasteiger partial charge is 0.328 e. The molecule has 0 spiro atoms. The summed E-state index contributed by atoms with van der Waals surface area (Å²) in [5, 5.41) is 132. The van der Waals surface area contributed by atoms with E-state index in [0.29, 0.717) is 0 Å². The second kappa shape index (κ2) is 64.1. The van der Waals surface area contributed by atoms with E-state index in [1.807, 2.05) is 0 Å². The summed E-state index contributed by atoms with van der Waals surface area (Å²) in [6.07, 6.45) is -8.08. The molecule has 0 saturated carbocycles. The second-order valence-electron chi connectivity index (χ2n) is 36.7. The third-order valence-corrected chi connectivity index (χ3v) is 22.4. The number of nitrogens with two attached hydrogens (primary N) is 4. The molecular weight excluding hydrogens is 1910 g/mol. The van der Waals surface area contributed by atoms with Gasteiger partial charge in [0.15, 0.2) is 12.0 Å². The van der Waals surface area contributed by atoms with E-state index in [-0.39, 0.29) is 76.3 Å². The van der Waals surface area contributed by atoms with Crippen molar-refractivity contribution in [3.63, 3.8) is 0 Å². The molecule has 814 valence electrons. The number of hydrogen-bond acceptors (Lipinski definition) is 31. The Morgan fingerprint density at radius 2 is 0.715 bits per heavy atom. The van der Waals surface area contributed by atoms with Crippen LogP contribution in [0.1, 0.15) is 200 Å². The van der Waals surface area contributed by atoms with Gasteiger partial charge in [0.1, 0.15) is 103 Å². The molecule has 1 rings (SSSR count). The minimum absolute atomic E-state index is 0.00285. The summed E-state index contributed by atoms with van der Waals surface area (Å²) in [5.41, 5.74) is 21.8. The quantitative estimate of drug-likeness (QED) is 0.0153. The molecule has 0 radical (unpaired) electrons. The molecule has 22 atom stereocenters. The van der Waals surface area contributed by atoms with Gasteiger partial charge in [0.2, 0.25) is 124 Å². The first-order valence-electron chi connectivity index (χ1n) is 47.1. The maximum Gasteiger partial charge on any atom is 0.328 e. The van der Waals surface area contributed by atoms with Gasteiger partial charge < -0.3 is 170 Å². The van der Waals surface area contributed by atoms with Crippen molar-refractivity contribution >= 4 is 148 Å². The van der Waals surface area contributed by atoms with Crippen LogP contribution >= 0.6 is 0 Å². The van der Waals surface area contributed by atoms with E-state index < -0.39 is 364 Å². The minimum atomic E-state index is -2.00. The third kappa shape index (κ3) is 46.6. The first kappa shape index (κ1) is 128. The SMILES string of the molecule is CC[C@H](C)[C@H](NC(=O)[C@@H](N)CC(=O)O)C(=O)N[C@@H](CCC(=O)O)C(=O)N[C@@H](CC(C)C)C(=O)N[C@H](C(=O)N[C@@H](CCC(N)=O)C(=O)N[C@@H](CO)C(=O)N1CCC[C@H]1C(=O)N[C@@H](C)C(=O)N[C@@H](CO)C(=O)N[C@@H](CC(C)C)C(=O)N[C@@H](C)C(=O)N[C@H](C(=O)N[C@@H](CO)C(=O)N[C@@H](CC(C)C)C(=O)NCC(=O)N[C@@H](CCC(N)=O)C(=O)N[C@@H](CCCNC(=N)N)C(=O)N[C@@H](C)C(=O)N[C@H](C(=O)O)[C@@H](C)O)C(C)C)[C@@H](C)O. The molecule has 0 aromatic rings. The molecule has 0 aliphatic carbocycles. The summed E-state index contributed by atoms with van der Waals surface area (Å²) in [7, 11) is 0. The second-order valence-corrected chi connectivity index (χ2v) is 36.7. The van der Waals surface area contributed by atoms with Gasteiger partial charge in [-0.3, -0.25) is 116 Å². The zero-order valence-corrected chi connectivity index (χ0v) is 83.5. The molecule has 1 aliphatic rings. The normalized spacial score (nSPS) is 16.7. The van der Waals surface area contributed by atoms with Crippen LogP contribution in [0.3, 0.4) is 0 Å². The highest BCUT2D eigenvalue weighted by molar-refractivity contribution is 6.03. The van der Waals surface area contributed by atoms with Crippen LogP contribution in [0, 0.1) is 35.0 Å². The fourth-order valence-electron chi connectivity index (χ4n) is 14.1. The Morgan fingerprint density at radius 3 is 1.13 bits per heavy atom. The maximum atomic E-state index is 14.3. The first-order valence-corrected chi connectivity index (χ1v) is 47.1. The number of carbonyl (C=O) groups is 24. The Kier molecular flexibility index (Phi) is 57.1. The van der Waals surface area contributed by atoms with E-state index >= 15 is 0 Å². The van der Waals surface area contributed by atoms with Gasteiger partial charge in [-0.15, -0.1) is 0 Å². The Bertz CT molecular complexity index is 4460. The fraction of sp³-hybridized carbons (Fsp3) is 0.713. The fourth-order valence-corrected chi connectivity index (χ4v) is 14.1. The lowest BCUT2D eigenvalue weighted by atomic mass is 9.96. The number of carbonyl (C=O) groups excluding carboxylic acids is 21. The van der Waals surface area contributed by atoms with Crippen molar-refractivity contribution in [2.45, 2.75) is 327 Å². The lowest BCUT2D eigenvalue weighted by molar-refractivity contribution is -0.145. The van der Waals surface area contributed by atoms with Gasteiger partial charge >= 0.3 is 17.9 Å². The van der Waals surface area contributed by atoms with Crippen LogP contribution < -0.4 is 124 Å². The van der Waals surface area contributed by atoms with Gasteiger partial charge in [-0.2, -0.15) is 0 Å². The predicted octanol–water partition coefficient (Wildman–Crippen LogP) is -12.5. The van der Waals surface area contributed by atoms with Crippen molar-refractivity contribution in [2.24, 2.45) is 52.5 Å². The molecule has 144 heavy (non-hydrogen) atoms. The number of nitrogens with zero attached hydrogens (tertiary/aromatic N) is 1. The number of aliphatic hydroxyl groups is 5. The van der Waals surface area contributed by atoms with Crippen LogP contribution in [-0.2, 0) is 115 Å². The summed E-state index contributed by atoms with van der Waals surface area (Å²) < 4.78 is 0. The maximum absolute atomic E-state index is 14.3. The van der Waals surface area contributed by atoms with E-state index in [1.54, 1.807) is 48.5 Å². The average molecular weight is 2060 g/mol. The van der Waals surface area contributed by atoms with Crippen LogP contribution in [0.5, 0.6) is 0 Å². The number of guanidine groups is 1. The van der Waals surface area contributed by atoms with Crippen molar-refractivity contribution in [1.29, 1.82) is 5.41 Å². The lowest BCUT2D eigenvalue weighted by Crippen LogP contribution is -2.62. The Morgan fingerprint density at radius 1 is 0.368 bits per heavy atom. The summed E-state index contributed by atoms with van der Waals surface area (Å²) in [6.45, 7) is 17.2. The van der Waals surface area contributed by atoms with Crippen LogP contribution in [0.25, 0.3) is 0 Å². The molecule has 1 aliphatic heterocycles. The molecule has 0 bridgehead atoms. The summed E-state index contributed by atoms with van der Waals surface area (Å²) in [6, 6.07) is -31.2. The molecule has 0 aromatic carbocycles. The van der Waals surface area contributed by atoms with E-state index in [2.05, 4.69) is 101 Å². The molecule has 21 amide bonds. The van der Waals surface area contributed by atoms with Crippen molar-refractivity contribution in [2.75, 3.05) is 39.5 Å². The van der Waals surface area contributed by atoms with Crippen LogP contribution in [0.2, 0.25) is 0 Å². The minimum Gasteiger partial charge on any atom is -0.481 e. The Labute approximate surface area is 831 Å². The number of aliphatic hydroxyl groups excluding tert-OH is 5. The molecule has 0 aromatic heterocycles. The van der Waals surface area contributed by atoms with Crippen LogP contribution in [0.15, 0.2) is 0 Å². The summed E-state index contributed by atoms with van der Waals surface area (Å²) in [5.74, 6) is -30.1. The molecule has 1 heterocycles. The zero-order chi connectivity index (χ0) is 110. The molecule has 57 heteroatoms. The standard InChI is InChI=1S/C87H149N25O32/c1-16-41(10)65(109-71(128)47(88)32-63(123)124)83(140)100-51(23-26-62(121)122)75(132)103-54(31-39(6)7)78(135)110-66(45(14)116)84(141)101-50(22-25-60(90)119)76(133)107-57(36-115)85(142)112-28-18-20-58(112)81(138)97-42(11)68(125)105-55(34-113)79(136)104-53(30-38(4)5)77(134)96-43(12)69(126)108-64(40(8)9)82(139)106-56(35-114)80(137)102-52(29-37(2)3)72(129)94-33-61(120)98-49(21-24-59(89)118)74(131)99-48(19-17-27-93-87(91)92)73(130)95-44(13)70(127)111-67(46(15)117)86(143)144/h37-58,64-67,113-117H,16-36,88H2,1-15H3,(H2,89,118)(H2,90,119)(H,94,129)(H,95,130)(H,96,134)(H,97,138)(H,98,120)(H,99,131)(H,100,140)(H,101,141)(H,102,137)(H,103,132)(H,104,136)(H,105,125)(H,106,139)(H,107,133)(H,108,126)(H,109,128)(H,110,135)(H,111,127)(H,121,122)(H,123,124)(H,143,144)(H4,91,92,93)/t41-,42-,43-,44-,45+,46+,47-,48-,49-,50-,51-,52-,53-,54-,55-,56-,57-,58-,64-,65-,66-,67-/m0/s1. The van der Waals surface area contributed by atoms with E-state index in [1.165, 1.54) is 34.6 Å². The number of likely N-dealkylation sites (tertiary alicyclic amines) is 1. The zero-order valence-electron chi connectivity index (χ0n) is 83.5. The Balaban J connectivity index is 3.32. The molecule has 0 unspecified atom stereocenters.